The summed E-state index contributed by atoms with van der Waals surface area (Å²) in [5.41, 5.74) is 0. The van der Waals surface area contributed by atoms with E-state index < -0.39 is 21.9 Å². The molecule has 132 valence electrons. The van der Waals surface area contributed by atoms with E-state index >= 15 is 0 Å². The van der Waals surface area contributed by atoms with E-state index in [1.165, 1.54) is 12.1 Å². The first-order valence-electron chi connectivity index (χ1n) is 7.40. The van der Waals surface area contributed by atoms with Crippen LogP contribution >= 0.6 is 0 Å². The Balaban J connectivity index is 2.27. The molecule has 0 aliphatic heterocycles. The van der Waals surface area contributed by atoms with Gasteiger partial charge in [0, 0.05) is 25.8 Å². The van der Waals surface area contributed by atoms with Gasteiger partial charge in [0.1, 0.15) is 0 Å². The van der Waals surface area contributed by atoms with Crippen molar-refractivity contribution in [2.24, 2.45) is 0 Å². The van der Waals surface area contributed by atoms with Gasteiger partial charge in [0.2, 0.25) is 11.8 Å². The van der Waals surface area contributed by atoms with Crippen molar-refractivity contribution < 1.29 is 27.9 Å². The number of amides is 2. The number of aliphatic carboxylic acids is 1. The third-order valence-electron chi connectivity index (χ3n) is 3.00. The van der Waals surface area contributed by atoms with Crippen LogP contribution in [0.4, 0.5) is 0 Å². The zero-order valence-corrected chi connectivity index (χ0v) is 13.8. The van der Waals surface area contributed by atoms with Crippen molar-refractivity contribution in [3.63, 3.8) is 0 Å². The van der Waals surface area contributed by atoms with E-state index in [0.717, 1.165) is 0 Å². The second kappa shape index (κ2) is 9.66. The molecule has 2 amide bonds. The van der Waals surface area contributed by atoms with Gasteiger partial charge < -0.3 is 10.4 Å². The third-order valence-corrected chi connectivity index (χ3v) is 4.39. The summed E-state index contributed by atoms with van der Waals surface area (Å²) in [6, 6.07) is 7.51. The average molecular weight is 356 g/mol. The first-order chi connectivity index (χ1) is 11.3. The molecule has 1 aromatic carbocycles. The predicted molar refractivity (Wildman–Crippen MR) is 85.5 cm³/mol. The van der Waals surface area contributed by atoms with Crippen LogP contribution in [-0.2, 0) is 24.4 Å². The lowest BCUT2D eigenvalue weighted by atomic mass is 10.2. The molecule has 0 aliphatic rings. The molecule has 3 N–H and O–H groups in total. The van der Waals surface area contributed by atoms with Gasteiger partial charge in [-0.15, -0.1) is 0 Å². The quantitative estimate of drug-likeness (QED) is 0.528. The molecule has 24 heavy (non-hydrogen) atoms. The van der Waals surface area contributed by atoms with E-state index in [1.54, 1.807) is 18.2 Å². The largest absolute Gasteiger partial charge is 0.481 e. The zero-order chi connectivity index (χ0) is 18.0. The van der Waals surface area contributed by atoms with Crippen LogP contribution in [-0.4, -0.2) is 37.9 Å². The molecule has 0 unspecified atom stereocenters. The Kier molecular flexibility index (Phi) is 7.90. The number of rotatable bonds is 10. The van der Waals surface area contributed by atoms with Crippen molar-refractivity contribution >= 4 is 27.8 Å². The maximum atomic E-state index is 11.9. The van der Waals surface area contributed by atoms with Crippen LogP contribution in [0.5, 0.6) is 0 Å². The van der Waals surface area contributed by atoms with Crippen molar-refractivity contribution in [1.29, 1.82) is 0 Å². The third kappa shape index (κ3) is 7.73. The summed E-state index contributed by atoms with van der Waals surface area (Å²) in [4.78, 5) is 33.4. The van der Waals surface area contributed by atoms with Gasteiger partial charge in [-0.1, -0.05) is 18.2 Å². The van der Waals surface area contributed by atoms with E-state index in [4.69, 9.17) is 5.11 Å². The van der Waals surface area contributed by atoms with Crippen LogP contribution in [0.15, 0.2) is 35.2 Å². The van der Waals surface area contributed by atoms with E-state index in [1.807, 2.05) is 4.72 Å². The summed E-state index contributed by atoms with van der Waals surface area (Å²) in [5, 5.41) is 11.0. The molecule has 0 bridgehead atoms. The van der Waals surface area contributed by atoms with Crippen molar-refractivity contribution in [2.45, 2.75) is 37.0 Å². The van der Waals surface area contributed by atoms with Gasteiger partial charge in [0.05, 0.1) is 4.90 Å². The Morgan fingerprint density at radius 1 is 0.917 bits per heavy atom. The lowest BCUT2D eigenvalue weighted by Gasteiger charge is -2.07. The highest BCUT2D eigenvalue weighted by molar-refractivity contribution is 7.90. The van der Waals surface area contributed by atoms with Gasteiger partial charge in [0.15, 0.2) is 0 Å². The smallest absolute Gasteiger partial charge is 0.303 e. The molecule has 0 heterocycles. The van der Waals surface area contributed by atoms with Gasteiger partial charge in [-0.2, -0.15) is 0 Å². The number of hydrogen-bond donors (Lipinski definition) is 3. The molecule has 0 saturated carbocycles. The summed E-state index contributed by atoms with van der Waals surface area (Å²) in [6.07, 6.45) is 0.457. The molecule has 8 nitrogen and oxygen atoms in total. The molecule has 0 radical (unpaired) electrons. The number of benzene rings is 1. The maximum absolute atomic E-state index is 11.9. The van der Waals surface area contributed by atoms with Crippen LogP contribution < -0.4 is 10.0 Å². The van der Waals surface area contributed by atoms with E-state index in [-0.39, 0.29) is 43.0 Å². The summed E-state index contributed by atoms with van der Waals surface area (Å²) >= 11 is 0. The normalized spacial score (nSPS) is 10.8. The molecular formula is C15H20N2O6S. The highest BCUT2D eigenvalue weighted by Gasteiger charge is 2.16. The fourth-order valence-electron chi connectivity index (χ4n) is 1.82. The number of carbonyl (C=O) groups is 3. The van der Waals surface area contributed by atoms with E-state index in [2.05, 4.69) is 5.32 Å². The fraction of sp³-hybridized carbons (Fsp3) is 0.400. The SMILES string of the molecule is O=C(O)CCCNC(=O)CCCC(=O)NS(=O)(=O)c1ccccc1. The summed E-state index contributed by atoms with van der Waals surface area (Å²) in [7, 11) is -3.89. The number of carboxylic acids is 1. The van der Waals surface area contributed by atoms with Crippen molar-refractivity contribution in [2.75, 3.05) is 6.54 Å². The van der Waals surface area contributed by atoms with Crippen LogP contribution in [0.2, 0.25) is 0 Å². The van der Waals surface area contributed by atoms with Gasteiger partial charge in [-0.25, -0.2) is 13.1 Å². The van der Waals surface area contributed by atoms with Crippen molar-refractivity contribution in [1.82, 2.24) is 10.0 Å². The molecule has 0 fully saturated rings. The topological polar surface area (TPSA) is 130 Å². The Bertz CT molecular complexity index is 672. The molecule has 1 rings (SSSR count). The number of hydrogen-bond acceptors (Lipinski definition) is 5. The molecular weight excluding hydrogens is 336 g/mol. The minimum absolute atomic E-state index is 0.00507. The highest BCUT2D eigenvalue weighted by Crippen LogP contribution is 2.07. The number of sulfonamides is 1. The molecule has 1 aromatic rings. The van der Waals surface area contributed by atoms with Gasteiger partial charge in [-0.05, 0) is 25.0 Å². The number of nitrogens with one attached hydrogen (secondary N) is 2. The Hall–Kier alpha value is -2.42. The van der Waals surface area contributed by atoms with Gasteiger partial charge in [0.25, 0.3) is 10.0 Å². The minimum atomic E-state index is -3.89. The average Bonchev–Trinajstić information content (AvgIpc) is 2.52. The molecule has 0 atom stereocenters. The van der Waals surface area contributed by atoms with Crippen LogP contribution in [0.1, 0.15) is 32.1 Å². The lowest BCUT2D eigenvalue weighted by molar-refractivity contribution is -0.137. The predicted octanol–water partition coefficient (Wildman–Crippen LogP) is 0.643. The fourth-order valence-corrected chi connectivity index (χ4v) is 2.86. The first-order valence-corrected chi connectivity index (χ1v) is 8.89. The molecule has 9 heteroatoms. The summed E-state index contributed by atoms with van der Waals surface area (Å²) in [6.45, 7) is 0.250. The number of carbonyl (C=O) groups excluding carboxylic acids is 2. The molecule has 0 spiro atoms. The second-order valence-corrected chi connectivity index (χ2v) is 6.72. The number of carboxylic acid groups (broad SMARTS) is 1. The Morgan fingerprint density at radius 3 is 2.17 bits per heavy atom. The Morgan fingerprint density at radius 2 is 1.54 bits per heavy atom. The van der Waals surface area contributed by atoms with Crippen LogP contribution in [0.3, 0.4) is 0 Å². The second-order valence-electron chi connectivity index (χ2n) is 5.04. The monoisotopic (exact) mass is 356 g/mol. The minimum Gasteiger partial charge on any atom is -0.481 e. The molecule has 0 saturated heterocycles. The van der Waals surface area contributed by atoms with Crippen molar-refractivity contribution in [3.05, 3.63) is 30.3 Å². The van der Waals surface area contributed by atoms with Crippen molar-refractivity contribution in [3.8, 4) is 0 Å². The van der Waals surface area contributed by atoms with Gasteiger partial charge >= 0.3 is 5.97 Å². The molecule has 0 aromatic heterocycles. The molecule has 0 aliphatic carbocycles. The standard InChI is InChI=1S/C15H20N2O6S/c18-13(16-11-5-10-15(20)21)8-4-9-14(19)17-24(22,23)12-6-2-1-3-7-12/h1-3,6-7H,4-5,8-11H2,(H,16,18)(H,17,19)(H,20,21). The summed E-state index contributed by atoms with van der Waals surface area (Å²) in [5.74, 6) is -1.92. The zero-order valence-electron chi connectivity index (χ0n) is 13.0. The van der Waals surface area contributed by atoms with Crippen LogP contribution in [0, 0.1) is 0 Å². The van der Waals surface area contributed by atoms with E-state index in [0.29, 0.717) is 6.42 Å². The summed E-state index contributed by atoms with van der Waals surface area (Å²) < 4.78 is 25.8. The highest BCUT2D eigenvalue weighted by atomic mass is 32.2. The Labute approximate surface area is 140 Å². The van der Waals surface area contributed by atoms with Gasteiger partial charge in [-0.3, -0.25) is 14.4 Å². The van der Waals surface area contributed by atoms with Crippen LogP contribution in [0.25, 0.3) is 0 Å². The van der Waals surface area contributed by atoms with E-state index in [9.17, 15) is 22.8 Å². The maximum Gasteiger partial charge on any atom is 0.303 e. The lowest BCUT2D eigenvalue weighted by Crippen LogP contribution is -2.31. The first kappa shape index (κ1) is 19.6.